The first-order valence-electron chi connectivity index (χ1n) is 6.49. The number of urea groups is 1. The number of carboxylic acids is 1. The fourth-order valence-electron chi connectivity index (χ4n) is 1.80. The van der Waals surface area contributed by atoms with Crippen LogP contribution in [0.4, 0.5) is 4.79 Å². The summed E-state index contributed by atoms with van der Waals surface area (Å²) < 4.78 is 0. The van der Waals surface area contributed by atoms with Gasteiger partial charge in [0, 0.05) is 13.1 Å². The van der Waals surface area contributed by atoms with E-state index in [-0.39, 0.29) is 11.6 Å². The lowest BCUT2D eigenvalue weighted by Gasteiger charge is -2.07. The van der Waals surface area contributed by atoms with Gasteiger partial charge in [-0.2, -0.15) is 0 Å². The minimum Gasteiger partial charge on any atom is -0.478 e. The highest BCUT2D eigenvalue weighted by Crippen LogP contribution is 2.27. The molecule has 0 radical (unpaired) electrons. The van der Waals surface area contributed by atoms with Gasteiger partial charge in [0.15, 0.2) is 0 Å². The van der Waals surface area contributed by atoms with Gasteiger partial charge >= 0.3 is 12.0 Å². The molecule has 1 aromatic carbocycles. The van der Waals surface area contributed by atoms with Gasteiger partial charge in [0.25, 0.3) is 0 Å². The van der Waals surface area contributed by atoms with Gasteiger partial charge in [0.05, 0.1) is 5.56 Å². The normalized spacial score (nSPS) is 13.9. The molecule has 1 fully saturated rings. The number of amides is 2. The van der Waals surface area contributed by atoms with Crippen LogP contribution in [0.1, 0.15) is 28.8 Å². The average molecular weight is 262 g/mol. The number of nitrogens with one attached hydrogen (secondary N) is 2. The van der Waals surface area contributed by atoms with Crippen molar-refractivity contribution in [2.75, 3.05) is 13.1 Å². The molecule has 19 heavy (non-hydrogen) atoms. The zero-order valence-corrected chi connectivity index (χ0v) is 10.7. The third-order valence-corrected chi connectivity index (χ3v) is 3.12. The SMILES string of the molecule is O=C(NCCc1cccc(C(=O)O)c1)NCC1CC1. The van der Waals surface area contributed by atoms with Crippen LogP contribution in [0, 0.1) is 5.92 Å². The summed E-state index contributed by atoms with van der Waals surface area (Å²) in [7, 11) is 0. The Labute approximate surface area is 112 Å². The average Bonchev–Trinajstić information content (AvgIpc) is 3.21. The van der Waals surface area contributed by atoms with Crippen molar-refractivity contribution in [2.24, 2.45) is 5.92 Å². The van der Waals surface area contributed by atoms with E-state index in [1.165, 1.54) is 12.8 Å². The Morgan fingerprint density at radius 1 is 1.26 bits per heavy atom. The lowest BCUT2D eigenvalue weighted by atomic mass is 10.1. The predicted octanol–water partition coefficient (Wildman–Crippen LogP) is 1.64. The zero-order valence-electron chi connectivity index (χ0n) is 10.7. The van der Waals surface area contributed by atoms with Gasteiger partial charge in [0.2, 0.25) is 0 Å². The Morgan fingerprint density at radius 3 is 2.74 bits per heavy atom. The number of carbonyl (C=O) groups is 2. The van der Waals surface area contributed by atoms with Gasteiger partial charge in [-0.1, -0.05) is 12.1 Å². The lowest BCUT2D eigenvalue weighted by molar-refractivity contribution is 0.0696. The summed E-state index contributed by atoms with van der Waals surface area (Å²) in [5.41, 5.74) is 1.18. The minimum absolute atomic E-state index is 0.152. The largest absolute Gasteiger partial charge is 0.478 e. The minimum atomic E-state index is -0.933. The van der Waals surface area contributed by atoms with Crippen LogP contribution in [0.15, 0.2) is 24.3 Å². The molecule has 0 aliphatic heterocycles. The van der Waals surface area contributed by atoms with E-state index in [9.17, 15) is 9.59 Å². The molecule has 0 atom stereocenters. The van der Waals surface area contributed by atoms with Crippen molar-refractivity contribution in [1.82, 2.24) is 10.6 Å². The number of hydrogen-bond donors (Lipinski definition) is 3. The lowest BCUT2D eigenvalue weighted by Crippen LogP contribution is -2.37. The first-order valence-corrected chi connectivity index (χ1v) is 6.49. The summed E-state index contributed by atoms with van der Waals surface area (Å²) in [6, 6.07) is 6.61. The Bertz CT molecular complexity index is 470. The predicted molar refractivity (Wildman–Crippen MR) is 71.2 cm³/mol. The standard InChI is InChI=1S/C14H18N2O3/c17-13(18)12-3-1-2-10(8-12)6-7-15-14(19)16-9-11-4-5-11/h1-3,8,11H,4-7,9H2,(H,17,18)(H2,15,16,19). The second-order valence-corrected chi connectivity index (χ2v) is 4.84. The highest BCUT2D eigenvalue weighted by atomic mass is 16.4. The Balaban J connectivity index is 1.70. The molecule has 0 spiro atoms. The molecule has 0 saturated heterocycles. The number of carboxylic acid groups (broad SMARTS) is 1. The van der Waals surface area contributed by atoms with Crippen LogP contribution in [-0.4, -0.2) is 30.2 Å². The second-order valence-electron chi connectivity index (χ2n) is 4.84. The molecule has 1 aromatic rings. The van der Waals surface area contributed by atoms with E-state index in [4.69, 9.17) is 5.11 Å². The molecular formula is C14H18N2O3. The first-order chi connectivity index (χ1) is 9.15. The molecule has 0 heterocycles. The number of hydrogen-bond acceptors (Lipinski definition) is 2. The molecule has 3 N–H and O–H groups in total. The van der Waals surface area contributed by atoms with Crippen LogP contribution >= 0.6 is 0 Å². The highest BCUT2D eigenvalue weighted by Gasteiger charge is 2.21. The van der Waals surface area contributed by atoms with Crippen molar-refractivity contribution in [1.29, 1.82) is 0 Å². The fourth-order valence-corrected chi connectivity index (χ4v) is 1.80. The Morgan fingerprint density at radius 2 is 2.05 bits per heavy atom. The van der Waals surface area contributed by atoms with Crippen molar-refractivity contribution in [2.45, 2.75) is 19.3 Å². The van der Waals surface area contributed by atoms with Crippen molar-refractivity contribution in [3.8, 4) is 0 Å². The molecule has 2 rings (SSSR count). The van der Waals surface area contributed by atoms with Gasteiger partial charge < -0.3 is 15.7 Å². The van der Waals surface area contributed by atoms with E-state index in [1.807, 2.05) is 6.07 Å². The van der Waals surface area contributed by atoms with Crippen molar-refractivity contribution in [3.05, 3.63) is 35.4 Å². The monoisotopic (exact) mass is 262 g/mol. The van der Waals surface area contributed by atoms with Gasteiger partial charge in [-0.3, -0.25) is 0 Å². The van der Waals surface area contributed by atoms with E-state index in [0.717, 1.165) is 12.1 Å². The molecule has 0 bridgehead atoms. The van der Waals surface area contributed by atoms with Crippen LogP contribution in [-0.2, 0) is 6.42 Å². The van der Waals surface area contributed by atoms with E-state index >= 15 is 0 Å². The summed E-state index contributed by atoms with van der Waals surface area (Å²) >= 11 is 0. The van der Waals surface area contributed by atoms with Gasteiger partial charge in [-0.15, -0.1) is 0 Å². The number of benzene rings is 1. The smallest absolute Gasteiger partial charge is 0.335 e. The molecule has 5 nitrogen and oxygen atoms in total. The van der Waals surface area contributed by atoms with Crippen LogP contribution in [0.5, 0.6) is 0 Å². The molecule has 0 aromatic heterocycles. The second kappa shape index (κ2) is 6.22. The van der Waals surface area contributed by atoms with E-state index < -0.39 is 5.97 Å². The van der Waals surface area contributed by atoms with E-state index in [1.54, 1.807) is 18.2 Å². The number of carbonyl (C=O) groups excluding carboxylic acids is 1. The summed E-state index contributed by atoms with van der Waals surface area (Å²) in [4.78, 5) is 22.2. The topological polar surface area (TPSA) is 78.4 Å². The maximum atomic E-state index is 11.4. The quantitative estimate of drug-likeness (QED) is 0.729. The van der Waals surface area contributed by atoms with Gasteiger partial charge in [-0.05, 0) is 42.9 Å². The molecule has 1 aliphatic rings. The van der Waals surface area contributed by atoms with Crippen LogP contribution in [0.2, 0.25) is 0 Å². The van der Waals surface area contributed by atoms with Gasteiger partial charge in [0.1, 0.15) is 0 Å². The highest BCUT2D eigenvalue weighted by molar-refractivity contribution is 5.87. The van der Waals surface area contributed by atoms with E-state index in [0.29, 0.717) is 18.9 Å². The van der Waals surface area contributed by atoms with Crippen molar-refractivity contribution < 1.29 is 14.7 Å². The van der Waals surface area contributed by atoms with Crippen molar-refractivity contribution in [3.63, 3.8) is 0 Å². The molecule has 2 amide bonds. The molecule has 5 heteroatoms. The van der Waals surface area contributed by atoms with Crippen LogP contribution in [0.25, 0.3) is 0 Å². The summed E-state index contributed by atoms with van der Waals surface area (Å²) in [6.07, 6.45) is 3.04. The first kappa shape index (κ1) is 13.4. The summed E-state index contributed by atoms with van der Waals surface area (Å²) in [5, 5.41) is 14.5. The van der Waals surface area contributed by atoms with Gasteiger partial charge in [-0.25, -0.2) is 9.59 Å². The summed E-state index contributed by atoms with van der Waals surface area (Å²) in [5.74, 6) is -0.269. The fraction of sp³-hybridized carbons (Fsp3) is 0.429. The Hall–Kier alpha value is -2.04. The molecule has 1 saturated carbocycles. The van der Waals surface area contributed by atoms with Crippen LogP contribution < -0.4 is 10.6 Å². The zero-order chi connectivity index (χ0) is 13.7. The Kier molecular flexibility index (Phi) is 4.39. The third-order valence-electron chi connectivity index (χ3n) is 3.12. The molecule has 102 valence electrons. The van der Waals surface area contributed by atoms with E-state index in [2.05, 4.69) is 10.6 Å². The number of rotatable bonds is 6. The maximum Gasteiger partial charge on any atom is 0.335 e. The molecule has 0 unspecified atom stereocenters. The summed E-state index contributed by atoms with van der Waals surface area (Å²) in [6.45, 7) is 1.25. The molecule has 1 aliphatic carbocycles. The van der Waals surface area contributed by atoms with Crippen molar-refractivity contribution >= 4 is 12.0 Å². The van der Waals surface area contributed by atoms with Crippen LogP contribution in [0.3, 0.4) is 0 Å². The number of aromatic carboxylic acids is 1. The maximum absolute atomic E-state index is 11.4. The molecular weight excluding hydrogens is 244 g/mol. The third kappa shape index (κ3) is 4.62.